The molecule has 0 amide bonds. The van der Waals surface area contributed by atoms with Crippen molar-refractivity contribution in [1.82, 2.24) is 0 Å². The van der Waals surface area contributed by atoms with Crippen molar-refractivity contribution in [2.45, 2.75) is 26.1 Å². The molecular formula is C12H18O3. The minimum atomic E-state index is -0.464. The molecule has 0 spiro atoms. The smallest absolute Gasteiger partial charge is 0.119 e. The van der Waals surface area contributed by atoms with Crippen molar-refractivity contribution in [3.05, 3.63) is 29.8 Å². The molecule has 1 aromatic rings. The molecule has 1 N–H and O–H groups in total. The third-order valence-electron chi connectivity index (χ3n) is 2.23. The molecule has 15 heavy (non-hydrogen) atoms. The Hall–Kier alpha value is -1.06. The molecule has 0 saturated carbocycles. The molecule has 2 unspecified atom stereocenters. The van der Waals surface area contributed by atoms with E-state index >= 15 is 0 Å². The molecule has 0 saturated heterocycles. The van der Waals surface area contributed by atoms with Gasteiger partial charge in [-0.3, -0.25) is 0 Å². The van der Waals surface area contributed by atoms with Crippen molar-refractivity contribution in [1.29, 1.82) is 0 Å². The van der Waals surface area contributed by atoms with Crippen LogP contribution in [0.3, 0.4) is 0 Å². The summed E-state index contributed by atoms with van der Waals surface area (Å²) in [5.74, 6) is 0.761. The zero-order valence-electron chi connectivity index (χ0n) is 9.43. The number of ether oxygens (including phenoxy) is 2. The first-order chi connectivity index (χ1) is 7.13. The van der Waals surface area contributed by atoms with E-state index in [1.807, 2.05) is 31.2 Å². The SMILES string of the molecule is COC(C)COc1cccc(C(C)O)c1. The maximum Gasteiger partial charge on any atom is 0.119 e. The first kappa shape index (κ1) is 12.0. The van der Waals surface area contributed by atoms with E-state index in [0.29, 0.717) is 6.61 Å². The Balaban J connectivity index is 2.58. The van der Waals surface area contributed by atoms with Crippen molar-refractivity contribution < 1.29 is 14.6 Å². The van der Waals surface area contributed by atoms with Crippen molar-refractivity contribution in [3.63, 3.8) is 0 Å². The first-order valence-electron chi connectivity index (χ1n) is 5.07. The summed E-state index contributed by atoms with van der Waals surface area (Å²) in [6.45, 7) is 4.19. The molecular weight excluding hydrogens is 192 g/mol. The second kappa shape index (κ2) is 5.73. The van der Waals surface area contributed by atoms with E-state index in [1.54, 1.807) is 14.0 Å². The van der Waals surface area contributed by atoms with Crippen LogP contribution in [0, 0.1) is 0 Å². The Morgan fingerprint density at radius 3 is 2.67 bits per heavy atom. The number of hydrogen-bond acceptors (Lipinski definition) is 3. The van der Waals surface area contributed by atoms with Crippen LogP contribution < -0.4 is 4.74 Å². The van der Waals surface area contributed by atoms with Gasteiger partial charge in [0.05, 0.1) is 12.2 Å². The Labute approximate surface area is 90.6 Å². The maximum absolute atomic E-state index is 9.39. The monoisotopic (exact) mass is 210 g/mol. The van der Waals surface area contributed by atoms with Gasteiger partial charge in [0.2, 0.25) is 0 Å². The van der Waals surface area contributed by atoms with Crippen LogP contribution in [0.15, 0.2) is 24.3 Å². The summed E-state index contributed by atoms with van der Waals surface area (Å²) in [4.78, 5) is 0. The van der Waals surface area contributed by atoms with Crippen LogP contribution in [-0.4, -0.2) is 24.9 Å². The van der Waals surface area contributed by atoms with E-state index in [9.17, 15) is 5.11 Å². The Bertz CT molecular complexity index is 297. The fourth-order valence-corrected chi connectivity index (χ4v) is 1.15. The van der Waals surface area contributed by atoms with Crippen LogP contribution in [0.2, 0.25) is 0 Å². The summed E-state index contributed by atoms with van der Waals surface area (Å²) in [5.41, 5.74) is 0.859. The molecule has 0 aliphatic rings. The van der Waals surface area contributed by atoms with Gasteiger partial charge in [0, 0.05) is 7.11 Å². The molecule has 0 bridgehead atoms. The highest BCUT2D eigenvalue weighted by Crippen LogP contribution is 2.18. The maximum atomic E-state index is 9.39. The van der Waals surface area contributed by atoms with Crippen LogP contribution in [0.1, 0.15) is 25.5 Å². The first-order valence-corrected chi connectivity index (χ1v) is 5.07. The lowest BCUT2D eigenvalue weighted by atomic mass is 10.1. The molecule has 1 rings (SSSR count). The summed E-state index contributed by atoms with van der Waals surface area (Å²) in [5, 5.41) is 9.39. The predicted octanol–water partition coefficient (Wildman–Crippen LogP) is 2.15. The van der Waals surface area contributed by atoms with Gasteiger partial charge in [-0.1, -0.05) is 12.1 Å². The lowest BCUT2D eigenvalue weighted by molar-refractivity contribution is 0.0715. The van der Waals surface area contributed by atoms with Crippen molar-refractivity contribution >= 4 is 0 Å². The summed E-state index contributed by atoms with van der Waals surface area (Å²) in [6.07, 6.45) is -0.395. The fourth-order valence-electron chi connectivity index (χ4n) is 1.15. The number of aliphatic hydroxyl groups excluding tert-OH is 1. The largest absolute Gasteiger partial charge is 0.491 e. The summed E-state index contributed by atoms with van der Waals surface area (Å²) < 4.78 is 10.6. The Morgan fingerprint density at radius 2 is 2.07 bits per heavy atom. The van der Waals surface area contributed by atoms with Gasteiger partial charge in [-0.25, -0.2) is 0 Å². The summed E-state index contributed by atoms with van der Waals surface area (Å²) >= 11 is 0. The van der Waals surface area contributed by atoms with Gasteiger partial charge in [-0.2, -0.15) is 0 Å². The topological polar surface area (TPSA) is 38.7 Å². The zero-order chi connectivity index (χ0) is 11.3. The number of benzene rings is 1. The van der Waals surface area contributed by atoms with E-state index in [1.165, 1.54) is 0 Å². The van der Waals surface area contributed by atoms with Crippen LogP contribution in [-0.2, 0) is 4.74 Å². The average Bonchev–Trinajstić information content (AvgIpc) is 2.26. The second-order valence-electron chi connectivity index (χ2n) is 3.61. The molecule has 84 valence electrons. The third-order valence-corrected chi connectivity index (χ3v) is 2.23. The number of rotatable bonds is 5. The van der Waals surface area contributed by atoms with E-state index < -0.39 is 6.10 Å². The van der Waals surface area contributed by atoms with E-state index in [0.717, 1.165) is 11.3 Å². The molecule has 3 nitrogen and oxygen atoms in total. The standard InChI is InChI=1S/C12H18O3/c1-9(14-3)8-15-12-6-4-5-11(7-12)10(2)13/h4-7,9-10,13H,8H2,1-3H3. The molecule has 0 fully saturated rings. The lowest BCUT2D eigenvalue weighted by Crippen LogP contribution is -2.15. The van der Waals surface area contributed by atoms with E-state index in [2.05, 4.69) is 0 Å². The number of aliphatic hydroxyl groups is 1. The Kier molecular flexibility index (Phi) is 4.59. The molecule has 1 aromatic carbocycles. The number of methoxy groups -OCH3 is 1. The van der Waals surface area contributed by atoms with Gasteiger partial charge in [0.15, 0.2) is 0 Å². The zero-order valence-corrected chi connectivity index (χ0v) is 9.43. The molecule has 0 heterocycles. The lowest BCUT2D eigenvalue weighted by Gasteiger charge is -2.12. The molecule has 0 radical (unpaired) electrons. The second-order valence-corrected chi connectivity index (χ2v) is 3.61. The third kappa shape index (κ3) is 3.90. The highest BCUT2D eigenvalue weighted by atomic mass is 16.5. The molecule has 0 aliphatic carbocycles. The van der Waals surface area contributed by atoms with Gasteiger partial charge in [0.25, 0.3) is 0 Å². The number of hydrogen-bond donors (Lipinski definition) is 1. The minimum Gasteiger partial charge on any atom is -0.491 e. The van der Waals surface area contributed by atoms with Gasteiger partial charge in [0.1, 0.15) is 12.4 Å². The highest BCUT2D eigenvalue weighted by molar-refractivity contribution is 5.29. The van der Waals surface area contributed by atoms with Crippen molar-refractivity contribution in [3.8, 4) is 5.75 Å². The van der Waals surface area contributed by atoms with Gasteiger partial charge >= 0.3 is 0 Å². The fraction of sp³-hybridized carbons (Fsp3) is 0.500. The van der Waals surface area contributed by atoms with Crippen LogP contribution in [0.25, 0.3) is 0 Å². The summed E-state index contributed by atoms with van der Waals surface area (Å²) in [7, 11) is 1.65. The van der Waals surface area contributed by atoms with Crippen LogP contribution in [0.5, 0.6) is 5.75 Å². The normalized spacial score (nSPS) is 14.7. The predicted molar refractivity (Wildman–Crippen MR) is 59.0 cm³/mol. The summed E-state index contributed by atoms with van der Waals surface area (Å²) in [6, 6.07) is 7.45. The van der Waals surface area contributed by atoms with Crippen LogP contribution >= 0.6 is 0 Å². The van der Waals surface area contributed by atoms with Crippen molar-refractivity contribution in [2.24, 2.45) is 0 Å². The van der Waals surface area contributed by atoms with E-state index in [4.69, 9.17) is 9.47 Å². The average molecular weight is 210 g/mol. The quantitative estimate of drug-likeness (QED) is 0.809. The van der Waals surface area contributed by atoms with E-state index in [-0.39, 0.29) is 6.10 Å². The molecule has 0 aliphatic heterocycles. The van der Waals surface area contributed by atoms with Gasteiger partial charge in [-0.15, -0.1) is 0 Å². The molecule has 2 atom stereocenters. The van der Waals surface area contributed by atoms with Gasteiger partial charge < -0.3 is 14.6 Å². The Morgan fingerprint density at radius 1 is 1.33 bits per heavy atom. The highest BCUT2D eigenvalue weighted by Gasteiger charge is 2.04. The van der Waals surface area contributed by atoms with Gasteiger partial charge in [-0.05, 0) is 31.5 Å². The van der Waals surface area contributed by atoms with Crippen molar-refractivity contribution in [2.75, 3.05) is 13.7 Å². The molecule has 3 heteroatoms. The van der Waals surface area contributed by atoms with Crippen LogP contribution in [0.4, 0.5) is 0 Å². The minimum absolute atomic E-state index is 0.0696. The molecule has 0 aromatic heterocycles.